The smallest absolute Gasteiger partial charge is 0.237 e. The quantitative estimate of drug-likeness (QED) is 0.878. The van der Waals surface area contributed by atoms with Gasteiger partial charge in [0.05, 0.1) is 18.4 Å². The van der Waals surface area contributed by atoms with Gasteiger partial charge in [0.1, 0.15) is 5.82 Å². The van der Waals surface area contributed by atoms with Crippen LogP contribution in [0.3, 0.4) is 0 Å². The molecule has 3 rings (SSSR count). The second-order valence-electron chi connectivity index (χ2n) is 5.74. The van der Waals surface area contributed by atoms with Gasteiger partial charge in [-0.15, -0.1) is 5.10 Å². The lowest BCUT2D eigenvalue weighted by atomic mass is 9.89. The summed E-state index contributed by atoms with van der Waals surface area (Å²) in [5.41, 5.74) is 3.09. The van der Waals surface area contributed by atoms with Crippen molar-refractivity contribution in [2.45, 2.75) is 32.7 Å². The third-order valence-electron chi connectivity index (χ3n) is 4.05. The highest BCUT2D eigenvalue weighted by molar-refractivity contribution is 5.79. The minimum Gasteiger partial charge on any atom is -0.480 e. The highest BCUT2D eigenvalue weighted by atomic mass is 16.5. The number of carbonyl (C=O) groups excluding carboxylic acids is 1. The van der Waals surface area contributed by atoms with Crippen LogP contribution in [0.2, 0.25) is 0 Å². The van der Waals surface area contributed by atoms with Crippen LogP contribution in [0.4, 0.5) is 0 Å². The molecule has 0 saturated carbocycles. The van der Waals surface area contributed by atoms with Gasteiger partial charge in [-0.1, -0.05) is 0 Å². The number of methoxy groups -OCH3 is 1. The Morgan fingerprint density at radius 2 is 2.41 bits per heavy atom. The summed E-state index contributed by atoms with van der Waals surface area (Å²) in [6.07, 6.45) is 4.28. The number of fused-ring (bicyclic) bond motifs is 1. The normalized spacial score (nSPS) is 17.1. The van der Waals surface area contributed by atoms with Crippen LogP contribution >= 0.6 is 0 Å². The first-order valence-electron chi connectivity index (χ1n) is 7.45. The number of carbonyl (C=O) groups is 1. The molecule has 0 aromatic carbocycles. The fourth-order valence-corrected chi connectivity index (χ4v) is 2.98. The van der Waals surface area contributed by atoms with Crippen molar-refractivity contribution < 1.29 is 9.53 Å². The number of hydrogen-bond acceptors (Lipinski definition) is 4. The average Bonchev–Trinajstić information content (AvgIpc) is 3.04. The van der Waals surface area contributed by atoms with Crippen molar-refractivity contribution in [3.8, 4) is 5.88 Å². The molecule has 7 heteroatoms. The zero-order valence-electron chi connectivity index (χ0n) is 13.1. The van der Waals surface area contributed by atoms with Gasteiger partial charge >= 0.3 is 0 Å². The van der Waals surface area contributed by atoms with Gasteiger partial charge in [0, 0.05) is 37.8 Å². The second kappa shape index (κ2) is 5.82. The molecule has 1 atom stereocenters. The van der Waals surface area contributed by atoms with Crippen LogP contribution in [0.1, 0.15) is 29.2 Å². The summed E-state index contributed by atoms with van der Waals surface area (Å²) in [7, 11) is 3.41. The van der Waals surface area contributed by atoms with E-state index in [9.17, 15) is 4.79 Å². The van der Waals surface area contributed by atoms with Crippen molar-refractivity contribution in [1.29, 1.82) is 0 Å². The topological polar surface area (TPSA) is 84.8 Å². The molecule has 1 aliphatic carbocycles. The molecule has 118 valence electrons. The first-order chi connectivity index (χ1) is 10.6. The lowest BCUT2D eigenvalue weighted by molar-refractivity contribution is -0.125. The molecule has 2 aromatic heterocycles. The average molecular weight is 303 g/mol. The van der Waals surface area contributed by atoms with Crippen molar-refractivity contribution in [3.63, 3.8) is 0 Å². The van der Waals surface area contributed by atoms with Gasteiger partial charge in [0.15, 0.2) is 0 Å². The second-order valence-corrected chi connectivity index (χ2v) is 5.74. The maximum Gasteiger partial charge on any atom is 0.237 e. The number of rotatable bonds is 4. The fraction of sp³-hybridized carbons (Fsp3) is 0.533. The Labute approximate surface area is 129 Å². The number of nitrogens with zero attached hydrogens (tertiary/aromatic N) is 3. The van der Waals surface area contributed by atoms with Crippen molar-refractivity contribution in [2.24, 2.45) is 13.0 Å². The van der Waals surface area contributed by atoms with Gasteiger partial charge in [-0.3, -0.25) is 9.48 Å². The van der Waals surface area contributed by atoms with Gasteiger partial charge in [0.25, 0.3) is 0 Å². The number of nitrogens with one attached hydrogen (secondary N) is 2. The molecule has 22 heavy (non-hydrogen) atoms. The van der Waals surface area contributed by atoms with Crippen LogP contribution in [-0.2, 0) is 31.2 Å². The predicted octanol–water partition coefficient (Wildman–Crippen LogP) is 0.882. The summed E-state index contributed by atoms with van der Waals surface area (Å²) in [5, 5.41) is 7.17. The molecule has 1 aliphatic rings. The maximum absolute atomic E-state index is 12.4. The Balaban J connectivity index is 1.61. The molecule has 0 fully saturated rings. The SMILES string of the molecule is COc1nn(C)cc1CNC(=O)C1CCc2nc(C)[nH]c2C1. The number of hydrogen-bond donors (Lipinski definition) is 2. The van der Waals surface area contributed by atoms with Crippen LogP contribution in [0.15, 0.2) is 6.20 Å². The van der Waals surface area contributed by atoms with E-state index < -0.39 is 0 Å². The first kappa shape index (κ1) is 14.6. The molecule has 0 radical (unpaired) electrons. The minimum absolute atomic E-state index is 0.00461. The number of H-pyrrole nitrogens is 1. The first-order valence-corrected chi connectivity index (χ1v) is 7.45. The Morgan fingerprint density at radius 1 is 1.59 bits per heavy atom. The summed E-state index contributed by atoms with van der Waals surface area (Å²) < 4.78 is 6.88. The molecule has 0 aliphatic heterocycles. The largest absolute Gasteiger partial charge is 0.480 e. The van der Waals surface area contributed by atoms with Crippen LogP contribution in [0.5, 0.6) is 5.88 Å². The number of imidazole rings is 1. The summed E-state index contributed by atoms with van der Waals surface area (Å²) in [6, 6.07) is 0. The summed E-state index contributed by atoms with van der Waals surface area (Å²) in [4.78, 5) is 20.1. The zero-order valence-corrected chi connectivity index (χ0v) is 13.1. The van der Waals surface area contributed by atoms with Crippen LogP contribution in [-0.4, -0.2) is 32.8 Å². The van der Waals surface area contributed by atoms with E-state index in [0.717, 1.165) is 42.0 Å². The van der Waals surface area contributed by atoms with E-state index in [4.69, 9.17) is 4.74 Å². The highest BCUT2D eigenvalue weighted by Crippen LogP contribution is 2.24. The summed E-state index contributed by atoms with van der Waals surface area (Å²) in [6.45, 7) is 2.38. The lowest BCUT2D eigenvalue weighted by Crippen LogP contribution is -2.33. The highest BCUT2D eigenvalue weighted by Gasteiger charge is 2.26. The van der Waals surface area contributed by atoms with E-state index in [0.29, 0.717) is 12.4 Å². The molecular formula is C15H21N5O2. The Morgan fingerprint density at radius 3 is 3.18 bits per heavy atom. The Hall–Kier alpha value is -2.31. The van der Waals surface area contributed by atoms with E-state index in [1.807, 2.05) is 20.2 Å². The van der Waals surface area contributed by atoms with Crippen LogP contribution in [0.25, 0.3) is 0 Å². The molecule has 0 spiro atoms. The number of aromatic nitrogens is 4. The molecular weight excluding hydrogens is 282 g/mol. The van der Waals surface area contributed by atoms with Gasteiger partial charge in [-0.25, -0.2) is 4.98 Å². The molecule has 2 aromatic rings. The third-order valence-corrected chi connectivity index (χ3v) is 4.05. The Bertz CT molecular complexity index is 688. The number of amides is 1. The predicted molar refractivity (Wildman–Crippen MR) is 80.4 cm³/mol. The van der Waals surface area contributed by atoms with Crippen molar-refractivity contribution in [2.75, 3.05) is 7.11 Å². The van der Waals surface area contributed by atoms with E-state index in [2.05, 4.69) is 20.4 Å². The van der Waals surface area contributed by atoms with E-state index >= 15 is 0 Å². The summed E-state index contributed by atoms with van der Waals surface area (Å²) >= 11 is 0. The van der Waals surface area contributed by atoms with Gasteiger partial charge in [-0.2, -0.15) is 0 Å². The molecule has 7 nitrogen and oxygen atoms in total. The van der Waals surface area contributed by atoms with E-state index in [1.54, 1.807) is 11.8 Å². The molecule has 2 heterocycles. The minimum atomic E-state index is -0.00461. The molecule has 1 unspecified atom stereocenters. The van der Waals surface area contributed by atoms with E-state index in [-0.39, 0.29) is 11.8 Å². The Kier molecular flexibility index (Phi) is 3.87. The molecule has 2 N–H and O–H groups in total. The van der Waals surface area contributed by atoms with Gasteiger partial charge < -0.3 is 15.0 Å². The van der Waals surface area contributed by atoms with Crippen LogP contribution in [0, 0.1) is 12.8 Å². The number of aromatic amines is 1. The molecule has 1 amide bonds. The molecule has 0 saturated heterocycles. The number of aryl methyl sites for hydroxylation is 3. The van der Waals surface area contributed by atoms with Crippen molar-refractivity contribution in [1.82, 2.24) is 25.1 Å². The maximum atomic E-state index is 12.4. The van der Waals surface area contributed by atoms with Gasteiger partial charge in [-0.05, 0) is 19.8 Å². The van der Waals surface area contributed by atoms with Crippen molar-refractivity contribution in [3.05, 3.63) is 29.0 Å². The van der Waals surface area contributed by atoms with E-state index in [1.165, 1.54) is 0 Å². The van der Waals surface area contributed by atoms with Crippen molar-refractivity contribution >= 4 is 5.91 Å². The third kappa shape index (κ3) is 2.84. The number of ether oxygens (including phenoxy) is 1. The molecule has 0 bridgehead atoms. The monoisotopic (exact) mass is 303 g/mol. The van der Waals surface area contributed by atoms with Gasteiger partial charge in [0.2, 0.25) is 11.8 Å². The summed E-state index contributed by atoms with van der Waals surface area (Å²) in [5.74, 6) is 1.54. The lowest BCUT2D eigenvalue weighted by Gasteiger charge is -2.20. The fourth-order valence-electron chi connectivity index (χ4n) is 2.98. The zero-order chi connectivity index (χ0) is 15.7. The van der Waals surface area contributed by atoms with Crippen LogP contribution < -0.4 is 10.1 Å². The standard InChI is InChI=1S/C15H21N5O2/c1-9-17-12-5-4-10(6-13(12)18-9)14(21)16-7-11-8-20(2)19-15(11)22-3/h8,10H,4-7H2,1-3H3,(H,16,21)(H,17,18).